The van der Waals surface area contributed by atoms with E-state index in [1.807, 2.05) is 6.07 Å². The van der Waals surface area contributed by atoms with Crippen molar-refractivity contribution in [3.8, 4) is 17.6 Å². The van der Waals surface area contributed by atoms with Crippen LogP contribution in [-0.4, -0.2) is 35.9 Å². The molecule has 6 nitrogen and oxygen atoms in total. The van der Waals surface area contributed by atoms with Gasteiger partial charge in [-0.3, -0.25) is 9.69 Å². The molecule has 1 N–H and O–H groups in total. The average Bonchev–Trinajstić information content (AvgIpc) is 3.12. The van der Waals surface area contributed by atoms with Gasteiger partial charge in [-0.1, -0.05) is 35.9 Å². The van der Waals surface area contributed by atoms with Gasteiger partial charge in [0.05, 0.1) is 36.6 Å². The summed E-state index contributed by atoms with van der Waals surface area (Å²) in [6.45, 7) is 0. The fourth-order valence-electron chi connectivity index (χ4n) is 4.01. The third-order valence-corrected chi connectivity index (χ3v) is 6.90. The molecule has 0 spiro atoms. The number of carbonyl (C=O) groups excluding carboxylic acids is 1. The Morgan fingerprint density at radius 2 is 1.97 bits per heavy atom. The maximum atomic E-state index is 13.2. The first-order valence-electron chi connectivity index (χ1n) is 9.24. The number of nitrogens with zero attached hydrogens (tertiary/aromatic N) is 2. The molecule has 8 heteroatoms. The lowest BCUT2D eigenvalue weighted by molar-refractivity contribution is -0.149. The molecular formula is C22H19ClN2O4S. The summed E-state index contributed by atoms with van der Waals surface area (Å²) in [4.78, 5) is 14.6. The van der Waals surface area contributed by atoms with Gasteiger partial charge in [-0.15, -0.1) is 11.8 Å². The summed E-state index contributed by atoms with van der Waals surface area (Å²) in [5, 5.41) is 22.4. The van der Waals surface area contributed by atoms with Crippen LogP contribution >= 0.6 is 23.4 Å². The summed E-state index contributed by atoms with van der Waals surface area (Å²) in [5.74, 6) is 0.503. The van der Waals surface area contributed by atoms with Crippen molar-refractivity contribution in [2.24, 2.45) is 0 Å². The Kier molecular flexibility index (Phi) is 5.41. The first-order valence-corrected chi connectivity index (χ1v) is 10.6. The van der Waals surface area contributed by atoms with Gasteiger partial charge >= 0.3 is 0 Å². The van der Waals surface area contributed by atoms with Crippen LogP contribution in [0.3, 0.4) is 0 Å². The van der Waals surface area contributed by atoms with Crippen molar-refractivity contribution in [3.63, 3.8) is 0 Å². The summed E-state index contributed by atoms with van der Waals surface area (Å²) in [6.07, 6.45) is 0.0341. The molecule has 1 amide bonds. The number of amides is 1. The summed E-state index contributed by atoms with van der Waals surface area (Å²) in [7, 11) is 3.07. The minimum atomic E-state index is -1.53. The number of rotatable bonds is 4. The van der Waals surface area contributed by atoms with Gasteiger partial charge in [0.25, 0.3) is 0 Å². The van der Waals surface area contributed by atoms with Gasteiger partial charge in [0.2, 0.25) is 5.91 Å². The Balaban J connectivity index is 1.83. The molecule has 2 aromatic carbocycles. The molecular weight excluding hydrogens is 424 g/mol. The van der Waals surface area contributed by atoms with Crippen LogP contribution in [0, 0.1) is 11.3 Å². The third-order valence-electron chi connectivity index (χ3n) is 5.43. The van der Waals surface area contributed by atoms with Crippen LogP contribution in [0.5, 0.6) is 11.5 Å². The molecule has 0 bridgehead atoms. The normalized spacial score (nSPS) is 23.2. The van der Waals surface area contributed by atoms with Gasteiger partial charge in [0, 0.05) is 28.5 Å². The number of hydrogen-bond donors (Lipinski definition) is 1. The van der Waals surface area contributed by atoms with Gasteiger partial charge in [0.1, 0.15) is 0 Å². The van der Waals surface area contributed by atoms with Crippen molar-refractivity contribution in [1.82, 2.24) is 4.90 Å². The van der Waals surface area contributed by atoms with E-state index in [1.54, 1.807) is 36.4 Å². The van der Waals surface area contributed by atoms with Crippen LogP contribution in [0.25, 0.3) is 0 Å². The number of thioether (sulfide) groups is 1. The van der Waals surface area contributed by atoms with Crippen LogP contribution < -0.4 is 9.47 Å². The fraction of sp³-hybridized carbons (Fsp3) is 0.273. The number of para-hydroxylation sites is 1. The molecule has 1 saturated heterocycles. The van der Waals surface area contributed by atoms with E-state index in [1.165, 1.54) is 30.9 Å². The number of aliphatic hydroxyl groups is 1. The zero-order valence-electron chi connectivity index (χ0n) is 16.4. The summed E-state index contributed by atoms with van der Waals surface area (Å²) < 4.78 is 10.9. The van der Waals surface area contributed by atoms with E-state index in [-0.39, 0.29) is 18.1 Å². The zero-order valence-corrected chi connectivity index (χ0v) is 18.0. The summed E-state index contributed by atoms with van der Waals surface area (Å²) in [5.41, 5.74) is 0.151. The molecule has 0 saturated carbocycles. The molecule has 0 aromatic heterocycles. The van der Waals surface area contributed by atoms with Crippen LogP contribution in [0.1, 0.15) is 23.5 Å². The number of methoxy groups -OCH3 is 2. The number of fused-ring (bicyclic) bond motifs is 1. The maximum absolute atomic E-state index is 13.2. The molecule has 4 rings (SSSR count). The molecule has 2 unspecified atom stereocenters. The Hall–Kier alpha value is -2.66. The van der Waals surface area contributed by atoms with E-state index in [4.69, 9.17) is 21.1 Å². The monoisotopic (exact) mass is 442 g/mol. The number of hydrogen-bond acceptors (Lipinski definition) is 6. The molecule has 2 atom stereocenters. The zero-order chi connectivity index (χ0) is 21.5. The number of allylic oxidation sites excluding steroid dienone is 1. The highest BCUT2D eigenvalue weighted by Crippen LogP contribution is 2.53. The lowest BCUT2D eigenvalue weighted by Gasteiger charge is -2.38. The van der Waals surface area contributed by atoms with Crippen molar-refractivity contribution in [1.29, 1.82) is 5.26 Å². The van der Waals surface area contributed by atoms with E-state index >= 15 is 0 Å². The van der Waals surface area contributed by atoms with E-state index in [0.29, 0.717) is 38.3 Å². The van der Waals surface area contributed by atoms with Gasteiger partial charge in [0.15, 0.2) is 17.2 Å². The van der Waals surface area contributed by atoms with Crippen molar-refractivity contribution in [3.05, 3.63) is 69.2 Å². The largest absolute Gasteiger partial charge is 0.493 e. The van der Waals surface area contributed by atoms with Gasteiger partial charge in [-0.25, -0.2) is 0 Å². The Morgan fingerprint density at radius 3 is 2.60 bits per heavy atom. The van der Waals surface area contributed by atoms with Gasteiger partial charge < -0.3 is 14.6 Å². The Bertz CT molecular complexity index is 1080. The average molecular weight is 443 g/mol. The lowest BCUT2D eigenvalue weighted by atomic mass is 9.84. The lowest BCUT2D eigenvalue weighted by Crippen LogP contribution is -2.48. The first kappa shape index (κ1) is 20.6. The Morgan fingerprint density at radius 1 is 1.23 bits per heavy atom. The summed E-state index contributed by atoms with van der Waals surface area (Å²) >= 11 is 7.27. The molecule has 2 aliphatic rings. The highest BCUT2D eigenvalue weighted by molar-refractivity contribution is 8.03. The van der Waals surface area contributed by atoms with Crippen LogP contribution in [0.15, 0.2) is 53.1 Å². The number of nitriles is 1. The fourth-order valence-corrected chi connectivity index (χ4v) is 5.49. The second kappa shape index (κ2) is 7.88. The predicted octanol–water partition coefficient (Wildman–Crippen LogP) is 4.00. The van der Waals surface area contributed by atoms with Crippen molar-refractivity contribution >= 4 is 29.3 Å². The smallest absolute Gasteiger partial charge is 0.231 e. The van der Waals surface area contributed by atoms with Crippen LogP contribution in [-0.2, 0) is 10.5 Å². The standard InChI is InChI=1S/C22H19ClN2O4S/c1-28-18-5-3-4-15(20(18)29-2)16-10-19(26)25-21(17(16)11-24)30-12-22(25,27)13-6-8-14(23)9-7-13/h3-9,16,27H,10,12H2,1-2H3. The van der Waals surface area contributed by atoms with E-state index < -0.39 is 11.6 Å². The predicted molar refractivity (Wildman–Crippen MR) is 114 cm³/mol. The van der Waals surface area contributed by atoms with Crippen LogP contribution in [0.2, 0.25) is 5.02 Å². The number of benzene rings is 2. The molecule has 1 fully saturated rings. The van der Waals surface area contributed by atoms with Gasteiger partial charge in [-0.05, 0) is 18.2 Å². The van der Waals surface area contributed by atoms with E-state index in [9.17, 15) is 15.2 Å². The minimum absolute atomic E-state index is 0.0341. The maximum Gasteiger partial charge on any atom is 0.231 e. The second-order valence-corrected chi connectivity index (χ2v) is 8.41. The molecule has 2 aliphatic heterocycles. The molecule has 2 aromatic rings. The topological polar surface area (TPSA) is 82.8 Å². The highest BCUT2D eigenvalue weighted by Gasteiger charge is 2.52. The highest BCUT2D eigenvalue weighted by atomic mass is 35.5. The van der Waals surface area contributed by atoms with Crippen molar-refractivity contribution < 1.29 is 19.4 Å². The van der Waals surface area contributed by atoms with Crippen molar-refractivity contribution in [2.45, 2.75) is 18.1 Å². The molecule has 30 heavy (non-hydrogen) atoms. The third kappa shape index (κ3) is 3.12. The van der Waals surface area contributed by atoms with Crippen molar-refractivity contribution in [2.75, 3.05) is 20.0 Å². The SMILES string of the molecule is COc1cccc(C2CC(=O)N3C(=C2C#N)SCC3(O)c2ccc(Cl)cc2)c1OC. The summed E-state index contributed by atoms with van der Waals surface area (Å²) in [6, 6.07) is 14.4. The van der Waals surface area contributed by atoms with Crippen LogP contribution in [0.4, 0.5) is 0 Å². The molecule has 0 radical (unpaired) electrons. The number of carbonyl (C=O) groups is 1. The van der Waals surface area contributed by atoms with Gasteiger partial charge in [-0.2, -0.15) is 5.26 Å². The number of halogens is 1. The Labute approximate surface area is 183 Å². The second-order valence-electron chi connectivity index (χ2n) is 7.01. The minimum Gasteiger partial charge on any atom is -0.493 e. The molecule has 0 aliphatic carbocycles. The molecule has 2 heterocycles. The van der Waals surface area contributed by atoms with E-state index in [2.05, 4.69) is 6.07 Å². The molecule has 154 valence electrons. The number of ether oxygens (including phenoxy) is 2. The quantitative estimate of drug-likeness (QED) is 0.770. The first-order chi connectivity index (χ1) is 14.4. The van der Waals surface area contributed by atoms with E-state index in [0.717, 1.165) is 0 Å².